The zero-order valence-corrected chi connectivity index (χ0v) is 14.6. The summed E-state index contributed by atoms with van der Waals surface area (Å²) in [5.41, 5.74) is 2.86. The highest BCUT2D eigenvalue weighted by Crippen LogP contribution is 2.58. The Kier molecular flexibility index (Phi) is 3.35. The number of likely N-dealkylation sites (tertiary alicyclic amines) is 1. The molecule has 2 bridgehead atoms. The molecule has 1 aliphatic heterocycles. The number of nitrogens with zero attached hydrogens (tertiary/aromatic N) is 1. The quantitative estimate of drug-likeness (QED) is 0.798. The standard InChI is InChI=1S/C20H27NO2/c1-12-13(2)19-17-9-14-5-6-15(23-4)10-16(14)20(19,11-18(12)22)7-8-21(17)3/h5-6,10,12-13,17,19H,7-9,11H2,1-4H3/t12-,13-,17+,19-,20+/m0/s1. The number of carbonyl (C=O) groups is 1. The third-order valence-electron chi connectivity index (χ3n) is 7.16. The minimum Gasteiger partial charge on any atom is -0.497 e. The molecule has 3 heteroatoms. The summed E-state index contributed by atoms with van der Waals surface area (Å²) in [4.78, 5) is 15.3. The van der Waals surface area contributed by atoms with Crippen LogP contribution in [0.25, 0.3) is 0 Å². The van der Waals surface area contributed by atoms with Crippen LogP contribution in [0.5, 0.6) is 5.75 Å². The van der Waals surface area contributed by atoms with Gasteiger partial charge in [-0.1, -0.05) is 19.9 Å². The van der Waals surface area contributed by atoms with Crippen molar-refractivity contribution >= 4 is 5.78 Å². The van der Waals surface area contributed by atoms with Gasteiger partial charge in [0.15, 0.2) is 0 Å². The number of ketones is 1. The highest BCUT2D eigenvalue weighted by atomic mass is 16.5. The minimum absolute atomic E-state index is 0.0301. The summed E-state index contributed by atoms with van der Waals surface area (Å²) in [7, 11) is 3.99. The number of piperidine rings is 1. The van der Waals surface area contributed by atoms with Crippen LogP contribution in [0.3, 0.4) is 0 Å². The second-order valence-corrected chi connectivity index (χ2v) is 8.00. The van der Waals surface area contributed by atoms with E-state index in [4.69, 9.17) is 4.74 Å². The molecule has 1 aromatic rings. The van der Waals surface area contributed by atoms with E-state index < -0.39 is 0 Å². The lowest BCUT2D eigenvalue weighted by Gasteiger charge is -2.61. The fraction of sp³-hybridized carbons (Fsp3) is 0.650. The van der Waals surface area contributed by atoms with E-state index in [1.807, 2.05) is 0 Å². The van der Waals surface area contributed by atoms with Crippen LogP contribution >= 0.6 is 0 Å². The molecule has 23 heavy (non-hydrogen) atoms. The van der Waals surface area contributed by atoms with E-state index in [9.17, 15) is 4.79 Å². The Morgan fingerprint density at radius 2 is 2.09 bits per heavy atom. The average molecular weight is 313 g/mol. The number of benzene rings is 1. The largest absolute Gasteiger partial charge is 0.497 e. The van der Waals surface area contributed by atoms with Gasteiger partial charge in [-0.05, 0) is 61.5 Å². The molecule has 0 aromatic heterocycles. The number of hydrogen-bond acceptors (Lipinski definition) is 3. The highest BCUT2D eigenvalue weighted by molar-refractivity contribution is 5.84. The molecule has 0 N–H and O–H groups in total. The van der Waals surface area contributed by atoms with Crippen molar-refractivity contribution in [2.45, 2.75) is 44.6 Å². The van der Waals surface area contributed by atoms with Crippen molar-refractivity contribution in [3.8, 4) is 5.75 Å². The summed E-state index contributed by atoms with van der Waals surface area (Å²) in [6.45, 7) is 5.53. The molecule has 3 aliphatic rings. The summed E-state index contributed by atoms with van der Waals surface area (Å²) < 4.78 is 5.49. The Morgan fingerprint density at radius 3 is 2.83 bits per heavy atom. The minimum atomic E-state index is 0.0301. The molecule has 124 valence electrons. The molecule has 1 aromatic carbocycles. The maximum Gasteiger partial charge on any atom is 0.136 e. The highest BCUT2D eigenvalue weighted by Gasteiger charge is 2.58. The van der Waals surface area contributed by atoms with Crippen LogP contribution in [0.2, 0.25) is 0 Å². The number of ether oxygens (including phenoxy) is 1. The summed E-state index contributed by atoms with van der Waals surface area (Å²) in [5, 5.41) is 0. The van der Waals surface area contributed by atoms with E-state index in [1.54, 1.807) is 7.11 Å². The Hall–Kier alpha value is -1.35. The third-order valence-corrected chi connectivity index (χ3v) is 7.16. The van der Waals surface area contributed by atoms with Gasteiger partial charge < -0.3 is 9.64 Å². The van der Waals surface area contributed by atoms with Crippen molar-refractivity contribution < 1.29 is 9.53 Å². The summed E-state index contributed by atoms with van der Waals surface area (Å²) in [6, 6.07) is 7.09. The van der Waals surface area contributed by atoms with Gasteiger partial charge in [-0.2, -0.15) is 0 Å². The van der Waals surface area contributed by atoms with Crippen LogP contribution in [-0.2, 0) is 16.6 Å². The molecule has 0 amide bonds. The zero-order valence-electron chi connectivity index (χ0n) is 14.6. The van der Waals surface area contributed by atoms with Gasteiger partial charge in [-0.15, -0.1) is 0 Å². The van der Waals surface area contributed by atoms with Crippen molar-refractivity contribution in [1.82, 2.24) is 4.90 Å². The van der Waals surface area contributed by atoms with Gasteiger partial charge in [-0.3, -0.25) is 4.79 Å². The summed E-state index contributed by atoms with van der Waals surface area (Å²) >= 11 is 0. The topological polar surface area (TPSA) is 29.5 Å². The molecule has 0 spiro atoms. The number of carbonyl (C=O) groups excluding carboxylic acids is 1. The summed E-state index contributed by atoms with van der Waals surface area (Å²) in [6.07, 6.45) is 2.91. The van der Waals surface area contributed by atoms with Gasteiger partial charge in [0, 0.05) is 23.8 Å². The molecular formula is C20H27NO2. The number of rotatable bonds is 1. The average Bonchev–Trinajstić information content (AvgIpc) is 2.55. The van der Waals surface area contributed by atoms with Crippen molar-refractivity contribution in [1.29, 1.82) is 0 Å². The predicted octanol–water partition coefficient (Wildman–Crippen LogP) is 3.05. The van der Waals surface area contributed by atoms with E-state index in [0.717, 1.165) is 25.1 Å². The first kappa shape index (κ1) is 15.2. The number of Topliss-reactive ketones (excluding diaryl/α,β-unsaturated/α-hetero) is 1. The molecule has 3 nitrogen and oxygen atoms in total. The smallest absolute Gasteiger partial charge is 0.136 e. The molecule has 5 atom stereocenters. The van der Waals surface area contributed by atoms with Crippen molar-refractivity contribution in [2.75, 3.05) is 20.7 Å². The van der Waals surface area contributed by atoms with Crippen LogP contribution in [0.4, 0.5) is 0 Å². The van der Waals surface area contributed by atoms with Gasteiger partial charge >= 0.3 is 0 Å². The van der Waals surface area contributed by atoms with E-state index in [1.165, 1.54) is 11.1 Å². The fourth-order valence-corrected chi connectivity index (χ4v) is 5.73. The zero-order chi connectivity index (χ0) is 16.4. The first-order valence-corrected chi connectivity index (χ1v) is 8.88. The molecule has 0 radical (unpaired) electrons. The van der Waals surface area contributed by atoms with Gasteiger partial charge in [-0.25, -0.2) is 0 Å². The van der Waals surface area contributed by atoms with E-state index in [0.29, 0.717) is 30.1 Å². The lowest BCUT2D eigenvalue weighted by Crippen LogP contribution is -2.64. The van der Waals surface area contributed by atoms with Gasteiger partial charge in [0.25, 0.3) is 0 Å². The molecule has 4 rings (SSSR count). The molecule has 2 aliphatic carbocycles. The SMILES string of the molecule is COc1ccc2c(c1)[C@]13CCN(C)[C@H](C2)[C@@H]1[C@@H](C)[C@H](C)C(=O)C3. The molecular weight excluding hydrogens is 286 g/mol. The first-order valence-electron chi connectivity index (χ1n) is 8.88. The third kappa shape index (κ3) is 1.95. The van der Waals surface area contributed by atoms with Gasteiger partial charge in [0.2, 0.25) is 0 Å². The second-order valence-electron chi connectivity index (χ2n) is 8.00. The van der Waals surface area contributed by atoms with E-state index in [-0.39, 0.29) is 11.3 Å². The first-order chi connectivity index (χ1) is 11.0. The Labute approximate surface area is 139 Å². The normalized spacial score (nSPS) is 39.6. The lowest BCUT2D eigenvalue weighted by molar-refractivity contribution is -0.137. The van der Waals surface area contributed by atoms with Crippen LogP contribution in [0.15, 0.2) is 18.2 Å². The molecule has 2 fully saturated rings. The number of methoxy groups -OCH3 is 1. The number of likely N-dealkylation sites (N-methyl/N-ethyl adjacent to an activating group) is 1. The molecule has 1 saturated carbocycles. The van der Waals surface area contributed by atoms with Crippen molar-refractivity contribution in [3.05, 3.63) is 29.3 Å². The maximum atomic E-state index is 12.8. The Balaban J connectivity index is 1.92. The Morgan fingerprint density at radius 1 is 1.30 bits per heavy atom. The van der Waals surface area contributed by atoms with Gasteiger partial charge in [0.05, 0.1) is 7.11 Å². The molecule has 0 unspecified atom stereocenters. The van der Waals surface area contributed by atoms with Crippen LogP contribution in [-0.4, -0.2) is 37.4 Å². The van der Waals surface area contributed by atoms with E-state index >= 15 is 0 Å². The lowest BCUT2D eigenvalue weighted by atomic mass is 9.48. The van der Waals surface area contributed by atoms with E-state index in [2.05, 4.69) is 44.0 Å². The second kappa shape index (κ2) is 5.07. The van der Waals surface area contributed by atoms with Crippen molar-refractivity contribution in [2.24, 2.45) is 17.8 Å². The maximum absolute atomic E-state index is 12.8. The Bertz CT molecular complexity index is 655. The number of fused-ring (bicyclic) bond motifs is 1. The summed E-state index contributed by atoms with van der Waals surface area (Å²) in [5.74, 6) is 2.59. The van der Waals surface area contributed by atoms with Crippen LogP contribution in [0.1, 0.15) is 37.8 Å². The van der Waals surface area contributed by atoms with Gasteiger partial charge in [0.1, 0.15) is 11.5 Å². The van der Waals surface area contributed by atoms with Crippen LogP contribution in [0, 0.1) is 17.8 Å². The number of hydrogen-bond donors (Lipinski definition) is 0. The van der Waals surface area contributed by atoms with Crippen molar-refractivity contribution in [3.63, 3.8) is 0 Å². The van der Waals surface area contributed by atoms with Crippen LogP contribution < -0.4 is 4.74 Å². The predicted molar refractivity (Wildman–Crippen MR) is 90.9 cm³/mol. The molecule has 1 heterocycles. The fourth-order valence-electron chi connectivity index (χ4n) is 5.73. The monoisotopic (exact) mass is 313 g/mol. The molecule has 1 saturated heterocycles.